The van der Waals surface area contributed by atoms with E-state index in [9.17, 15) is 0 Å². The van der Waals surface area contributed by atoms with E-state index in [1.807, 2.05) is 26.0 Å². The number of hydrogen-bond acceptors (Lipinski definition) is 1. The molecular formula is C14H25N. The summed E-state index contributed by atoms with van der Waals surface area (Å²) in [6, 6.07) is 8.29. The maximum absolute atomic E-state index is 5.64. The number of anilines is 1. The molecule has 0 heterocycles. The average molecular weight is 207 g/mol. The number of nitrogen functional groups attached to an aromatic ring is 1. The maximum atomic E-state index is 5.64. The quantitative estimate of drug-likeness (QED) is 0.718. The van der Waals surface area contributed by atoms with Crippen LogP contribution in [0.5, 0.6) is 0 Å². The zero-order valence-corrected chi connectivity index (χ0v) is 10.6. The van der Waals surface area contributed by atoms with Gasteiger partial charge in [0.2, 0.25) is 0 Å². The van der Waals surface area contributed by atoms with Crippen LogP contribution >= 0.6 is 0 Å². The van der Waals surface area contributed by atoms with Crippen LogP contribution in [-0.2, 0) is 0 Å². The van der Waals surface area contributed by atoms with E-state index in [-0.39, 0.29) is 0 Å². The van der Waals surface area contributed by atoms with Crippen molar-refractivity contribution in [3.63, 3.8) is 0 Å². The Morgan fingerprint density at radius 2 is 1.60 bits per heavy atom. The first-order valence-corrected chi connectivity index (χ1v) is 6.13. The maximum Gasteiger partial charge on any atom is 0.0314 e. The van der Waals surface area contributed by atoms with Crippen LogP contribution < -0.4 is 5.73 Å². The van der Waals surface area contributed by atoms with E-state index < -0.39 is 0 Å². The molecule has 15 heavy (non-hydrogen) atoms. The third-order valence-electron chi connectivity index (χ3n) is 2.54. The van der Waals surface area contributed by atoms with Crippen molar-refractivity contribution >= 4 is 5.69 Å². The first-order valence-electron chi connectivity index (χ1n) is 6.13. The number of nitrogens with two attached hydrogens (primary N) is 1. The third-order valence-corrected chi connectivity index (χ3v) is 2.54. The molecular weight excluding hydrogens is 182 g/mol. The second kappa shape index (κ2) is 8.34. The Bertz CT molecular complexity index is 238. The molecule has 0 fully saturated rings. The molecule has 1 rings (SSSR count). The lowest BCUT2D eigenvalue weighted by molar-refractivity contribution is 0.596. The largest absolute Gasteiger partial charge is 0.399 e. The molecule has 0 aliphatic heterocycles. The molecule has 1 aromatic rings. The van der Waals surface area contributed by atoms with Crippen molar-refractivity contribution in [3.8, 4) is 0 Å². The van der Waals surface area contributed by atoms with Gasteiger partial charge in [-0.1, -0.05) is 46.2 Å². The summed E-state index contributed by atoms with van der Waals surface area (Å²) in [5, 5.41) is 0. The standard InChI is InChI=1S/C12H19N.C2H6/c1-3-5-10(4-2)11-6-8-12(13)9-7-11;1-2/h6-10H,3-5,13H2,1-2H3;1-2H3. The van der Waals surface area contributed by atoms with Crippen LogP contribution in [0.3, 0.4) is 0 Å². The SMILES string of the molecule is CC.CCCC(CC)c1ccc(N)cc1. The van der Waals surface area contributed by atoms with E-state index in [2.05, 4.69) is 26.0 Å². The normalized spacial score (nSPS) is 11.5. The molecule has 1 nitrogen and oxygen atoms in total. The Balaban J connectivity index is 0.000000921. The van der Waals surface area contributed by atoms with Gasteiger partial charge in [0.1, 0.15) is 0 Å². The van der Waals surface area contributed by atoms with Gasteiger partial charge < -0.3 is 5.73 Å². The molecule has 0 amide bonds. The van der Waals surface area contributed by atoms with Gasteiger partial charge in [0, 0.05) is 5.69 Å². The number of benzene rings is 1. The molecule has 0 aromatic heterocycles. The molecule has 1 unspecified atom stereocenters. The summed E-state index contributed by atoms with van der Waals surface area (Å²) in [5.74, 6) is 0.714. The summed E-state index contributed by atoms with van der Waals surface area (Å²) in [6.45, 7) is 8.48. The highest BCUT2D eigenvalue weighted by molar-refractivity contribution is 5.40. The van der Waals surface area contributed by atoms with E-state index in [0.29, 0.717) is 5.92 Å². The van der Waals surface area contributed by atoms with Crippen molar-refractivity contribution in [2.24, 2.45) is 0 Å². The van der Waals surface area contributed by atoms with Gasteiger partial charge >= 0.3 is 0 Å². The molecule has 1 aromatic carbocycles. The monoisotopic (exact) mass is 207 g/mol. The van der Waals surface area contributed by atoms with E-state index in [0.717, 1.165) is 5.69 Å². The molecule has 0 spiro atoms. The molecule has 2 N–H and O–H groups in total. The second-order valence-electron chi connectivity index (χ2n) is 3.56. The zero-order valence-electron chi connectivity index (χ0n) is 10.6. The molecule has 0 saturated heterocycles. The van der Waals surface area contributed by atoms with Gasteiger partial charge in [-0.15, -0.1) is 0 Å². The van der Waals surface area contributed by atoms with Gasteiger partial charge in [-0.25, -0.2) is 0 Å². The molecule has 0 radical (unpaired) electrons. The van der Waals surface area contributed by atoms with Crippen LogP contribution in [0, 0.1) is 0 Å². The van der Waals surface area contributed by atoms with E-state index in [4.69, 9.17) is 5.73 Å². The van der Waals surface area contributed by atoms with Crippen molar-refractivity contribution in [3.05, 3.63) is 29.8 Å². The summed E-state index contributed by atoms with van der Waals surface area (Å²) < 4.78 is 0. The Hall–Kier alpha value is -0.980. The number of hydrogen-bond donors (Lipinski definition) is 1. The van der Waals surface area contributed by atoms with Crippen molar-refractivity contribution in [2.45, 2.75) is 52.9 Å². The minimum absolute atomic E-state index is 0.714. The topological polar surface area (TPSA) is 26.0 Å². The van der Waals surface area contributed by atoms with Gasteiger partial charge in [-0.2, -0.15) is 0 Å². The molecule has 0 saturated carbocycles. The van der Waals surface area contributed by atoms with Crippen LogP contribution in [0.1, 0.15) is 58.4 Å². The fourth-order valence-electron chi connectivity index (χ4n) is 1.72. The Morgan fingerprint density at radius 3 is 2.00 bits per heavy atom. The molecule has 0 aliphatic rings. The van der Waals surface area contributed by atoms with Crippen molar-refractivity contribution < 1.29 is 0 Å². The van der Waals surface area contributed by atoms with E-state index in [1.54, 1.807) is 0 Å². The van der Waals surface area contributed by atoms with Gasteiger partial charge in [-0.3, -0.25) is 0 Å². The summed E-state index contributed by atoms with van der Waals surface area (Å²) >= 11 is 0. The summed E-state index contributed by atoms with van der Waals surface area (Å²) in [6.07, 6.45) is 3.75. The lowest BCUT2D eigenvalue weighted by atomic mass is 9.92. The van der Waals surface area contributed by atoms with E-state index >= 15 is 0 Å². The van der Waals surface area contributed by atoms with Crippen LogP contribution in [0.2, 0.25) is 0 Å². The summed E-state index contributed by atoms with van der Waals surface area (Å²) in [7, 11) is 0. The Kier molecular flexibility index (Phi) is 7.79. The minimum Gasteiger partial charge on any atom is -0.399 e. The van der Waals surface area contributed by atoms with Crippen molar-refractivity contribution in [2.75, 3.05) is 5.73 Å². The Morgan fingerprint density at radius 1 is 1.07 bits per heavy atom. The summed E-state index contributed by atoms with van der Waals surface area (Å²) in [4.78, 5) is 0. The zero-order chi connectivity index (χ0) is 11.7. The first-order chi connectivity index (χ1) is 7.27. The van der Waals surface area contributed by atoms with Gasteiger partial charge in [0.25, 0.3) is 0 Å². The molecule has 0 aliphatic carbocycles. The Labute approximate surface area is 94.7 Å². The average Bonchev–Trinajstić information content (AvgIpc) is 2.30. The van der Waals surface area contributed by atoms with Gasteiger partial charge in [-0.05, 0) is 36.5 Å². The highest BCUT2D eigenvalue weighted by Crippen LogP contribution is 2.24. The molecule has 0 bridgehead atoms. The highest BCUT2D eigenvalue weighted by atomic mass is 14.5. The second-order valence-corrected chi connectivity index (χ2v) is 3.56. The fraction of sp³-hybridized carbons (Fsp3) is 0.571. The van der Waals surface area contributed by atoms with E-state index in [1.165, 1.54) is 24.8 Å². The van der Waals surface area contributed by atoms with Gasteiger partial charge in [0.05, 0.1) is 0 Å². The molecule has 86 valence electrons. The predicted octanol–water partition coefficient (Wildman–Crippen LogP) is 4.59. The smallest absolute Gasteiger partial charge is 0.0314 e. The van der Waals surface area contributed by atoms with Crippen LogP contribution in [-0.4, -0.2) is 0 Å². The van der Waals surface area contributed by atoms with Crippen molar-refractivity contribution in [1.29, 1.82) is 0 Å². The molecule has 1 atom stereocenters. The third kappa shape index (κ3) is 4.87. The van der Waals surface area contributed by atoms with Crippen LogP contribution in [0.15, 0.2) is 24.3 Å². The van der Waals surface area contributed by atoms with Crippen LogP contribution in [0.4, 0.5) is 5.69 Å². The predicted molar refractivity (Wildman–Crippen MR) is 70.1 cm³/mol. The van der Waals surface area contributed by atoms with Crippen LogP contribution in [0.25, 0.3) is 0 Å². The lowest BCUT2D eigenvalue weighted by Gasteiger charge is -2.13. The fourth-order valence-corrected chi connectivity index (χ4v) is 1.72. The summed E-state index contributed by atoms with van der Waals surface area (Å²) in [5.41, 5.74) is 7.93. The van der Waals surface area contributed by atoms with Crippen molar-refractivity contribution in [1.82, 2.24) is 0 Å². The first kappa shape index (κ1) is 14.0. The number of rotatable bonds is 4. The molecule has 1 heteroatoms. The lowest BCUT2D eigenvalue weighted by Crippen LogP contribution is -1.97. The highest BCUT2D eigenvalue weighted by Gasteiger charge is 2.06. The van der Waals surface area contributed by atoms with Gasteiger partial charge in [0.15, 0.2) is 0 Å². The minimum atomic E-state index is 0.714.